The fourth-order valence-corrected chi connectivity index (χ4v) is 2.80. The number of fused-ring (bicyclic) bond motifs is 3. The van der Waals surface area contributed by atoms with Crippen LogP contribution >= 0.6 is 0 Å². The average molecular weight is 241 g/mol. The van der Waals surface area contributed by atoms with Gasteiger partial charge in [0.25, 0.3) is 0 Å². The van der Waals surface area contributed by atoms with Gasteiger partial charge in [0, 0.05) is 19.2 Å². The summed E-state index contributed by atoms with van der Waals surface area (Å²) in [6.07, 6.45) is 1.51. The van der Waals surface area contributed by atoms with Crippen molar-refractivity contribution in [2.45, 2.75) is 57.1 Å². The van der Waals surface area contributed by atoms with Gasteiger partial charge in [0.15, 0.2) is 12.1 Å². The van der Waals surface area contributed by atoms with Crippen LogP contribution in [0.15, 0.2) is 4.99 Å². The lowest BCUT2D eigenvalue weighted by Gasteiger charge is -2.37. The van der Waals surface area contributed by atoms with Crippen LogP contribution in [0.4, 0.5) is 0 Å². The molecule has 3 heterocycles. The van der Waals surface area contributed by atoms with Crippen molar-refractivity contribution in [1.82, 2.24) is 0 Å². The first-order valence-electron chi connectivity index (χ1n) is 6.16. The molecule has 0 aromatic rings. The van der Waals surface area contributed by atoms with Gasteiger partial charge in [-0.25, -0.2) is 0 Å². The van der Waals surface area contributed by atoms with Crippen LogP contribution in [-0.2, 0) is 18.9 Å². The topological polar surface area (TPSA) is 49.3 Å². The molecule has 0 saturated carbocycles. The molecule has 17 heavy (non-hydrogen) atoms. The molecular weight excluding hydrogens is 222 g/mol. The monoisotopic (exact) mass is 241 g/mol. The third-order valence-electron chi connectivity index (χ3n) is 3.52. The summed E-state index contributed by atoms with van der Waals surface area (Å²) >= 11 is 0. The summed E-state index contributed by atoms with van der Waals surface area (Å²) in [5, 5.41) is 0. The standard InChI is InChI=1S/C12H19NO4/c1-12(2)16-8-6-13-7-4-5-9(14-3)15-10(7)11(8)17-12/h8-11H,4-6H2,1-3H3/t8-,9-,10+,11+/m0/s1. The van der Waals surface area contributed by atoms with Crippen LogP contribution in [0, 0.1) is 0 Å². The highest BCUT2D eigenvalue weighted by Crippen LogP contribution is 2.36. The number of rotatable bonds is 1. The smallest absolute Gasteiger partial charge is 0.164 e. The van der Waals surface area contributed by atoms with E-state index in [1.807, 2.05) is 13.8 Å². The Morgan fingerprint density at radius 3 is 2.94 bits per heavy atom. The van der Waals surface area contributed by atoms with Crippen LogP contribution in [-0.4, -0.2) is 49.8 Å². The Balaban J connectivity index is 1.80. The maximum atomic E-state index is 5.93. The quantitative estimate of drug-likeness (QED) is 0.690. The highest BCUT2D eigenvalue weighted by molar-refractivity contribution is 5.90. The van der Waals surface area contributed by atoms with Crippen LogP contribution in [0.3, 0.4) is 0 Å². The molecule has 0 aromatic heterocycles. The van der Waals surface area contributed by atoms with Crippen molar-refractivity contribution in [3.8, 4) is 0 Å². The van der Waals surface area contributed by atoms with Gasteiger partial charge in [0.05, 0.1) is 6.54 Å². The van der Waals surface area contributed by atoms with Gasteiger partial charge >= 0.3 is 0 Å². The van der Waals surface area contributed by atoms with E-state index in [1.54, 1.807) is 7.11 Å². The molecule has 0 bridgehead atoms. The molecule has 5 nitrogen and oxygen atoms in total. The zero-order valence-corrected chi connectivity index (χ0v) is 10.5. The molecule has 3 aliphatic heterocycles. The fourth-order valence-electron chi connectivity index (χ4n) is 2.80. The largest absolute Gasteiger partial charge is 0.356 e. The Bertz CT molecular complexity index is 341. The van der Waals surface area contributed by atoms with Crippen molar-refractivity contribution in [1.29, 1.82) is 0 Å². The number of hydrogen-bond acceptors (Lipinski definition) is 5. The number of ether oxygens (including phenoxy) is 4. The minimum absolute atomic E-state index is 0.00866. The summed E-state index contributed by atoms with van der Waals surface area (Å²) in [6.45, 7) is 4.55. The van der Waals surface area contributed by atoms with Gasteiger partial charge < -0.3 is 18.9 Å². The lowest BCUT2D eigenvalue weighted by Crippen LogP contribution is -2.51. The maximum absolute atomic E-state index is 5.93. The van der Waals surface area contributed by atoms with Gasteiger partial charge in [0.2, 0.25) is 0 Å². The molecule has 2 saturated heterocycles. The molecule has 96 valence electrons. The summed E-state index contributed by atoms with van der Waals surface area (Å²) in [5.41, 5.74) is 1.10. The summed E-state index contributed by atoms with van der Waals surface area (Å²) in [7, 11) is 1.67. The lowest BCUT2D eigenvalue weighted by atomic mass is 9.94. The molecule has 2 fully saturated rings. The van der Waals surface area contributed by atoms with Gasteiger partial charge in [-0.3, -0.25) is 4.99 Å². The average Bonchev–Trinajstić information content (AvgIpc) is 2.63. The van der Waals surface area contributed by atoms with E-state index in [4.69, 9.17) is 18.9 Å². The van der Waals surface area contributed by atoms with Crippen LogP contribution in [0.5, 0.6) is 0 Å². The van der Waals surface area contributed by atoms with Gasteiger partial charge in [-0.05, 0) is 20.3 Å². The number of hydrogen-bond donors (Lipinski definition) is 0. The predicted octanol–water partition coefficient (Wildman–Crippen LogP) is 1.11. The summed E-state index contributed by atoms with van der Waals surface area (Å²) in [5.74, 6) is -0.538. The predicted molar refractivity (Wildman–Crippen MR) is 61.0 cm³/mol. The molecular formula is C12H19NO4. The first-order valence-corrected chi connectivity index (χ1v) is 6.16. The second-order valence-electron chi connectivity index (χ2n) is 5.23. The molecule has 0 spiro atoms. The molecule has 0 aromatic carbocycles. The van der Waals surface area contributed by atoms with Crippen LogP contribution < -0.4 is 0 Å². The zero-order chi connectivity index (χ0) is 12.0. The Labute approximate surface area is 101 Å². The minimum Gasteiger partial charge on any atom is -0.356 e. The summed E-state index contributed by atoms with van der Waals surface area (Å²) < 4.78 is 22.9. The van der Waals surface area contributed by atoms with E-state index in [0.29, 0.717) is 6.54 Å². The normalized spacial score (nSPS) is 43.8. The highest BCUT2D eigenvalue weighted by Gasteiger charge is 2.50. The third kappa shape index (κ3) is 2.01. The molecule has 4 atom stereocenters. The van der Waals surface area contributed by atoms with Crippen LogP contribution in [0.1, 0.15) is 26.7 Å². The van der Waals surface area contributed by atoms with E-state index in [0.717, 1.165) is 18.6 Å². The minimum atomic E-state index is -0.538. The van der Waals surface area contributed by atoms with Crippen molar-refractivity contribution in [2.24, 2.45) is 4.99 Å². The lowest BCUT2D eigenvalue weighted by molar-refractivity contribution is -0.192. The molecule has 0 unspecified atom stereocenters. The van der Waals surface area contributed by atoms with Crippen molar-refractivity contribution < 1.29 is 18.9 Å². The van der Waals surface area contributed by atoms with Crippen molar-refractivity contribution in [2.75, 3.05) is 13.7 Å². The van der Waals surface area contributed by atoms with E-state index < -0.39 is 5.79 Å². The van der Waals surface area contributed by atoms with Gasteiger partial charge in [-0.1, -0.05) is 0 Å². The molecule has 0 amide bonds. The van der Waals surface area contributed by atoms with Gasteiger partial charge in [-0.2, -0.15) is 0 Å². The molecule has 3 rings (SSSR count). The van der Waals surface area contributed by atoms with E-state index in [9.17, 15) is 0 Å². The fraction of sp³-hybridized carbons (Fsp3) is 0.917. The van der Waals surface area contributed by atoms with Crippen molar-refractivity contribution in [3.63, 3.8) is 0 Å². The highest BCUT2D eigenvalue weighted by atomic mass is 16.8. The second-order valence-corrected chi connectivity index (χ2v) is 5.23. The van der Waals surface area contributed by atoms with E-state index in [-0.39, 0.29) is 24.6 Å². The van der Waals surface area contributed by atoms with E-state index in [1.165, 1.54) is 0 Å². The maximum Gasteiger partial charge on any atom is 0.164 e. The first kappa shape index (κ1) is 11.6. The molecule has 3 aliphatic rings. The van der Waals surface area contributed by atoms with Crippen LogP contribution in [0.25, 0.3) is 0 Å². The molecule has 0 aliphatic carbocycles. The van der Waals surface area contributed by atoms with E-state index in [2.05, 4.69) is 4.99 Å². The SMILES string of the molecule is CO[C@@H]1CCC2=NC[C@@H]3OC(C)(C)O[C@H]3[C@@H]2O1. The first-order chi connectivity index (χ1) is 8.09. The van der Waals surface area contributed by atoms with Crippen molar-refractivity contribution >= 4 is 5.71 Å². The Morgan fingerprint density at radius 1 is 1.35 bits per heavy atom. The Hall–Kier alpha value is -0.490. The number of nitrogens with zero attached hydrogens (tertiary/aromatic N) is 1. The van der Waals surface area contributed by atoms with Gasteiger partial charge in [-0.15, -0.1) is 0 Å². The molecule has 0 radical (unpaired) electrons. The van der Waals surface area contributed by atoms with E-state index >= 15 is 0 Å². The summed E-state index contributed by atoms with van der Waals surface area (Å²) in [6, 6.07) is 0. The Morgan fingerprint density at radius 2 is 2.18 bits per heavy atom. The molecule has 0 N–H and O–H groups in total. The van der Waals surface area contributed by atoms with Gasteiger partial charge in [0.1, 0.15) is 18.3 Å². The molecule has 5 heteroatoms. The number of methoxy groups -OCH3 is 1. The van der Waals surface area contributed by atoms with Crippen LogP contribution in [0.2, 0.25) is 0 Å². The number of aliphatic imine (C=N–C) groups is 1. The Kier molecular flexibility index (Phi) is 2.74. The second kappa shape index (κ2) is 4.02. The van der Waals surface area contributed by atoms with Crippen molar-refractivity contribution in [3.05, 3.63) is 0 Å². The summed E-state index contributed by atoms with van der Waals surface area (Å²) in [4.78, 5) is 4.56. The zero-order valence-electron chi connectivity index (χ0n) is 10.5. The third-order valence-corrected chi connectivity index (χ3v) is 3.52.